The van der Waals surface area contributed by atoms with Gasteiger partial charge in [-0.1, -0.05) is 23.7 Å². The van der Waals surface area contributed by atoms with Crippen LogP contribution in [0.1, 0.15) is 0 Å². The number of hydrogen-bond acceptors (Lipinski definition) is 2. The van der Waals surface area contributed by atoms with Crippen LogP contribution in [0.2, 0.25) is 5.02 Å². The molecule has 0 unspecified atom stereocenters. The molecule has 6 heteroatoms. The molecule has 2 aromatic carbocycles. The number of hydrogen-bond donors (Lipinski definition) is 1. The average molecular weight is 382 g/mol. The maximum atomic E-state index is 6.10. The van der Waals surface area contributed by atoms with Gasteiger partial charge in [-0.3, -0.25) is 4.90 Å². The molecule has 0 saturated carbocycles. The van der Waals surface area contributed by atoms with E-state index in [2.05, 4.69) is 61.4 Å². The summed E-state index contributed by atoms with van der Waals surface area (Å²) in [7, 11) is 0. The van der Waals surface area contributed by atoms with E-state index in [4.69, 9.17) is 16.3 Å². The van der Waals surface area contributed by atoms with E-state index >= 15 is 0 Å². The highest BCUT2D eigenvalue weighted by Crippen LogP contribution is 2.24. The van der Waals surface area contributed by atoms with Crippen molar-refractivity contribution in [2.24, 2.45) is 0 Å². The van der Waals surface area contributed by atoms with Gasteiger partial charge in [0.1, 0.15) is 22.9 Å². The van der Waals surface area contributed by atoms with Crippen molar-refractivity contribution in [3.63, 3.8) is 0 Å². The SMILES string of the molecule is Clc1ccc(-c2c[n+]3c4ccccc4[nH]c3n2CCN2CCOCC2)cc1. The quantitative estimate of drug-likeness (QED) is 0.550. The first-order valence-corrected chi connectivity index (χ1v) is 9.75. The molecule has 0 atom stereocenters. The van der Waals surface area contributed by atoms with Crippen LogP contribution in [0.5, 0.6) is 0 Å². The van der Waals surface area contributed by atoms with Gasteiger partial charge >= 0.3 is 5.78 Å². The molecule has 1 N–H and O–H groups in total. The largest absolute Gasteiger partial charge is 0.379 e. The molecular weight excluding hydrogens is 360 g/mol. The monoisotopic (exact) mass is 381 g/mol. The Hall–Kier alpha value is -2.34. The van der Waals surface area contributed by atoms with Gasteiger partial charge in [-0.05, 0) is 36.4 Å². The molecule has 1 saturated heterocycles. The predicted molar refractivity (Wildman–Crippen MR) is 107 cm³/mol. The number of aromatic amines is 1. The smallest absolute Gasteiger partial charge is 0.368 e. The Kier molecular flexibility index (Phi) is 4.36. The minimum atomic E-state index is 0.758. The lowest BCUT2D eigenvalue weighted by Crippen LogP contribution is -2.38. The number of halogens is 1. The van der Waals surface area contributed by atoms with Crippen LogP contribution < -0.4 is 4.40 Å². The van der Waals surface area contributed by atoms with Crippen molar-refractivity contribution in [3.05, 3.63) is 59.8 Å². The van der Waals surface area contributed by atoms with Gasteiger partial charge in [0.2, 0.25) is 0 Å². The summed E-state index contributed by atoms with van der Waals surface area (Å²) in [5.74, 6) is 1.11. The summed E-state index contributed by atoms with van der Waals surface area (Å²) in [6.45, 7) is 5.57. The lowest BCUT2D eigenvalue weighted by atomic mass is 10.1. The van der Waals surface area contributed by atoms with Crippen LogP contribution in [0.3, 0.4) is 0 Å². The van der Waals surface area contributed by atoms with Gasteiger partial charge in [-0.2, -0.15) is 4.40 Å². The van der Waals surface area contributed by atoms with E-state index in [1.807, 2.05) is 12.1 Å². The van der Waals surface area contributed by atoms with E-state index < -0.39 is 0 Å². The number of rotatable bonds is 4. The van der Waals surface area contributed by atoms with Crippen molar-refractivity contribution in [1.29, 1.82) is 0 Å². The van der Waals surface area contributed by atoms with Crippen molar-refractivity contribution in [2.75, 3.05) is 32.8 Å². The second-order valence-corrected chi connectivity index (χ2v) is 7.40. The highest BCUT2D eigenvalue weighted by molar-refractivity contribution is 6.30. The van der Waals surface area contributed by atoms with Crippen molar-refractivity contribution in [3.8, 4) is 11.3 Å². The first kappa shape index (κ1) is 16.8. The van der Waals surface area contributed by atoms with Crippen molar-refractivity contribution < 1.29 is 9.14 Å². The van der Waals surface area contributed by atoms with Crippen LogP contribution >= 0.6 is 11.6 Å². The fourth-order valence-corrected chi connectivity index (χ4v) is 3.99. The number of morpholine rings is 1. The number of nitrogens with one attached hydrogen (secondary N) is 1. The van der Waals surface area contributed by atoms with Crippen molar-refractivity contribution >= 4 is 28.4 Å². The van der Waals surface area contributed by atoms with E-state index in [-0.39, 0.29) is 0 Å². The number of aromatic nitrogens is 3. The molecule has 5 rings (SSSR count). The average Bonchev–Trinajstić information content (AvgIpc) is 3.24. The van der Waals surface area contributed by atoms with Crippen LogP contribution in [-0.4, -0.2) is 47.3 Å². The first-order valence-electron chi connectivity index (χ1n) is 9.37. The summed E-state index contributed by atoms with van der Waals surface area (Å²) in [5.41, 5.74) is 4.70. The number of H-pyrrole nitrogens is 1. The zero-order valence-corrected chi connectivity index (χ0v) is 15.8. The minimum absolute atomic E-state index is 0.758. The van der Waals surface area contributed by atoms with Crippen molar-refractivity contribution in [1.82, 2.24) is 14.5 Å². The number of fused-ring (bicyclic) bond motifs is 3. The maximum Gasteiger partial charge on any atom is 0.368 e. The molecular formula is C21H22ClN4O+. The molecule has 0 radical (unpaired) electrons. The third-order valence-corrected chi connectivity index (χ3v) is 5.57. The Bertz CT molecular complexity index is 1080. The molecule has 27 heavy (non-hydrogen) atoms. The third-order valence-electron chi connectivity index (χ3n) is 5.32. The Morgan fingerprint density at radius 2 is 1.78 bits per heavy atom. The van der Waals surface area contributed by atoms with E-state index in [9.17, 15) is 0 Å². The van der Waals surface area contributed by atoms with Crippen LogP contribution in [0, 0.1) is 0 Å². The molecule has 138 valence electrons. The Morgan fingerprint density at radius 1 is 1.00 bits per heavy atom. The van der Waals surface area contributed by atoms with Crippen LogP contribution in [0.25, 0.3) is 28.1 Å². The first-order chi connectivity index (χ1) is 13.3. The molecule has 1 aliphatic heterocycles. The van der Waals surface area contributed by atoms with Gasteiger partial charge in [-0.25, -0.2) is 9.55 Å². The molecule has 0 amide bonds. The van der Waals surface area contributed by atoms with Gasteiger partial charge in [0.15, 0.2) is 0 Å². The van der Waals surface area contributed by atoms with E-state index in [1.165, 1.54) is 16.8 Å². The van der Waals surface area contributed by atoms with Gasteiger partial charge in [-0.15, -0.1) is 0 Å². The van der Waals surface area contributed by atoms with Crippen molar-refractivity contribution in [2.45, 2.75) is 6.54 Å². The highest BCUT2D eigenvalue weighted by atomic mass is 35.5. The molecule has 1 aliphatic rings. The number of para-hydroxylation sites is 2. The fraction of sp³-hybridized carbons (Fsp3) is 0.286. The summed E-state index contributed by atoms with van der Waals surface area (Å²) < 4.78 is 10.1. The summed E-state index contributed by atoms with van der Waals surface area (Å²) in [6.07, 6.45) is 2.22. The topological polar surface area (TPSA) is 37.3 Å². The van der Waals surface area contributed by atoms with Gasteiger partial charge in [0.25, 0.3) is 0 Å². The van der Waals surface area contributed by atoms with Gasteiger partial charge < -0.3 is 4.74 Å². The van der Waals surface area contributed by atoms with Crippen LogP contribution in [0.15, 0.2) is 54.7 Å². The molecule has 2 aromatic heterocycles. The number of benzene rings is 2. The van der Waals surface area contributed by atoms with Gasteiger partial charge in [0.05, 0.1) is 19.8 Å². The van der Waals surface area contributed by atoms with E-state index in [1.54, 1.807) is 0 Å². The summed E-state index contributed by atoms with van der Waals surface area (Å²) >= 11 is 6.10. The second-order valence-electron chi connectivity index (χ2n) is 6.96. The summed E-state index contributed by atoms with van der Waals surface area (Å²) in [4.78, 5) is 6.06. The molecule has 4 aromatic rings. The summed E-state index contributed by atoms with van der Waals surface area (Å²) in [5, 5.41) is 0.758. The second kappa shape index (κ2) is 7.00. The number of imidazole rings is 2. The van der Waals surface area contributed by atoms with Gasteiger partial charge in [0, 0.05) is 30.2 Å². The molecule has 0 aliphatic carbocycles. The zero-order chi connectivity index (χ0) is 18.2. The normalized spacial score (nSPS) is 15.7. The highest BCUT2D eigenvalue weighted by Gasteiger charge is 2.23. The molecule has 5 nitrogen and oxygen atoms in total. The zero-order valence-electron chi connectivity index (χ0n) is 15.1. The number of nitrogens with zero attached hydrogens (tertiary/aromatic N) is 3. The third kappa shape index (κ3) is 3.12. The van der Waals surface area contributed by atoms with E-state index in [0.29, 0.717) is 0 Å². The lowest BCUT2D eigenvalue weighted by Gasteiger charge is -2.26. The Balaban J connectivity index is 1.59. The fourth-order valence-electron chi connectivity index (χ4n) is 3.86. The van der Waals surface area contributed by atoms with Crippen LogP contribution in [-0.2, 0) is 11.3 Å². The molecule has 3 heterocycles. The molecule has 0 spiro atoms. The standard InChI is InChI=1S/C21H21ClN4O/c22-17-7-5-16(6-8-17)20-15-26-19-4-2-1-3-18(19)23-21(26)25(20)10-9-24-11-13-27-14-12-24/h1-8,15H,9-14H2/p+1. The van der Waals surface area contributed by atoms with E-state index in [0.717, 1.165) is 55.7 Å². The minimum Gasteiger partial charge on any atom is -0.379 e. The lowest BCUT2D eigenvalue weighted by molar-refractivity contribution is -0.479. The summed E-state index contributed by atoms with van der Waals surface area (Å²) in [6, 6.07) is 16.5. The molecule has 0 bridgehead atoms. The predicted octanol–water partition coefficient (Wildman–Crippen LogP) is 3.36. The maximum absolute atomic E-state index is 6.10. The Labute approximate surface area is 162 Å². The number of ether oxygens (including phenoxy) is 1. The Morgan fingerprint density at radius 3 is 2.59 bits per heavy atom. The molecule has 1 fully saturated rings. The van der Waals surface area contributed by atoms with Crippen LogP contribution in [0.4, 0.5) is 0 Å².